The maximum Gasteiger partial charge on any atom is 0.267 e. The van der Waals surface area contributed by atoms with Crippen molar-refractivity contribution in [3.05, 3.63) is 82.2 Å². The highest BCUT2D eigenvalue weighted by Gasteiger charge is 2.17. The minimum Gasteiger partial charge on any atom is -0.321 e. The Morgan fingerprint density at radius 2 is 2.04 bits per heavy atom. The molecule has 0 aliphatic rings. The highest BCUT2D eigenvalue weighted by atomic mass is 35.5. The molecule has 0 bridgehead atoms. The van der Waals surface area contributed by atoms with Gasteiger partial charge in [0.05, 0.1) is 11.6 Å². The second-order valence-electron chi connectivity index (χ2n) is 5.74. The van der Waals surface area contributed by atoms with E-state index in [4.69, 9.17) is 11.6 Å². The van der Waals surface area contributed by atoms with E-state index in [0.717, 1.165) is 5.56 Å². The van der Waals surface area contributed by atoms with E-state index in [1.54, 1.807) is 12.3 Å². The van der Waals surface area contributed by atoms with E-state index in [0.29, 0.717) is 32.2 Å². The normalized spacial score (nSPS) is 11.0. The summed E-state index contributed by atoms with van der Waals surface area (Å²) in [5, 5.41) is 8.02. The van der Waals surface area contributed by atoms with Gasteiger partial charge in [0, 0.05) is 28.2 Å². The minimum absolute atomic E-state index is 0.309. The smallest absolute Gasteiger partial charge is 0.267 e. The Morgan fingerprint density at radius 1 is 1.23 bits per heavy atom. The van der Waals surface area contributed by atoms with Crippen LogP contribution >= 0.6 is 22.9 Å². The molecule has 0 aliphatic heterocycles. The van der Waals surface area contributed by atoms with Gasteiger partial charge < -0.3 is 5.32 Å². The van der Waals surface area contributed by atoms with Crippen LogP contribution in [0, 0.1) is 5.82 Å². The first-order chi connectivity index (χ1) is 12.6. The predicted molar refractivity (Wildman–Crippen MR) is 103 cm³/mol. The van der Waals surface area contributed by atoms with Crippen LogP contribution in [0.25, 0.3) is 10.1 Å². The summed E-state index contributed by atoms with van der Waals surface area (Å²) in [4.78, 5) is 12.9. The van der Waals surface area contributed by atoms with Gasteiger partial charge in [0.2, 0.25) is 0 Å². The molecule has 2 aromatic heterocycles. The summed E-state index contributed by atoms with van der Waals surface area (Å²) in [6, 6.07) is 13.7. The predicted octanol–water partition coefficient (Wildman–Crippen LogP) is 5.19. The third-order valence-corrected chi connectivity index (χ3v) is 5.57. The van der Waals surface area contributed by atoms with Crippen LogP contribution in [0.4, 0.5) is 10.1 Å². The quantitative estimate of drug-likeness (QED) is 0.525. The van der Waals surface area contributed by atoms with E-state index in [2.05, 4.69) is 10.4 Å². The fourth-order valence-corrected chi connectivity index (χ4v) is 4.08. The van der Waals surface area contributed by atoms with Crippen LogP contribution in [0.1, 0.15) is 15.2 Å². The lowest BCUT2D eigenvalue weighted by Crippen LogP contribution is -2.10. The molecular weight excluding hydrogens is 373 g/mol. The van der Waals surface area contributed by atoms with Gasteiger partial charge in [-0.2, -0.15) is 5.10 Å². The summed E-state index contributed by atoms with van der Waals surface area (Å²) in [5.74, 6) is -0.661. The molecule has 2 heterocycles. The molecule has 0 atom stereocenters. The average molecular weight is 386 g/mol. The molecule has 0 saturated carbocycles. The number of anilines is 1. The first kappa shape index (κ1) is 16.8. The van der Waals surface area contributed by atoms with Crippen molar-refractivity contribution in [2.45, 2.75) is 6.54 Å². The lowest BCUT2D eigenvalue weighted by Gasteiger charge is -2.06. The van der Waals surface area contributed by atoms with Gasteiger partial charge in [-0.1, -0.05) is 23.7 Å². The number of carbonyl (C=O) groups excluding carboxylic acids is 1. The van der Waals surface area contributed by atoms with Gasteiger partial charge in [0.25, 0.3) is 5.91 Å². The fraction of sp³-hybridized carbons (Fsp3) is 0.0526. The minimum atomic E-state index is -0.352. The number of hydrogen-bond acceptors (Lipinski definition) is 3. The maximum atomic E-state index is 13.4. The maximum absolute atomic E-state index is 13.4. The van der Waals surface area contributed by atoms with E-state index in [9.17, 15) is 9.18 Å². The van der Waals surface area contributed by atoms with Crippen molar-refractivity contribution in [2.24, 2.45) is 0 Å². The number of aromatic nitrogens is 2. The van der Waals surface area contributed by atoms with Crippen molar-refractivity contribution in [1.29, 1.82) is 0 Å². The molecule has 0 unspecified atom stereocenters. The Labute approximate surface area is 157 Å². The Morgan fingerprint density at radius 3 is 2.77 bits per heavy atom. The summed E-state index contributed by atoms with van der Waals surface area (Å²) in [6.45, 7) is 0.662. The van der Waals surface area contributed by atoms with Gasteiger partial charge in [-0.15, -0.1) is 11.3 Å². The summed E-state index contributed by atoms with van der Waals surface area (Å²) in [7, 11) is 0. The molecule has 0 radical (unpaired) electrons. The number of benzene rings is 2. The van der Waals surface area contributed by atoms with E-state index < -0.39 is 0 Å². The Kier molecular flexibility index (Phi) is 4.44. The molecule has 26 heavy (non-hydrogen) atoms. The molecule has 2 aromatic carbocycles. The van der Waals surface area contributed by atoms with Crippen molar-refractivity contribution in [1.82, 2.24) is 9.78 Å². The summed E-state index contributed by atoms with van der Waals surface area (Å²) in [6.07, 6.45) is 3.62. The van der Waals surface area contributed by atoms with Crippen molar-refractivity contribution < 1.29 is 9.18 Å². The lowest BCUT2D eigenvalue weighted by molar-refractivity contribution is 0.103. The van der Waals surface area contributed by atoms with Gasteiger partial charge in [-0.05, 0) is 42.0 Å². The van der Waals surface area contributed by atoms with Gasteiger partial charge in [-0.3, -0.25) is 9.48 Å². The van der Waals surface area contributed by atoms with Crippen LogP contribution in [0.3, 0.4) is 0 Å². The summed E-state index contributed by atoms with van der Waals surface area (Å²) < 4.78 is 15.8. The average Bonchev–Trinajstić information content (AvgIpc) is 3.24. The third-order valence-electron chi connectivity index (χ3n) is 3.91. The highest BCUT2D eigenvalue weighted by molar-refractivity contribution is 7.21. The molecule has 0 fully saturated rings. The standard InChI is InChI=1S/C19H13ClFN3OS/c20-17-15-7-4-13(21)10-16(15)26-18(17)19(25)23-14-5-2-12(3-6-14)11-24-9-1-8-22-24/h1-10H,11H2,(H,23,25). The molecule has 4 aromatic rings. The van der Waals surface area contributed by atoms with Crippen molar-refractivity contribution in [2.75, 3.05) is 5.32 Å². The molecule has 130 valence electrons. The second-order valence-corrected chi connectivity index (χ2v) is 7.17. The molecule has 0 spiro atoms. The number of nitrogens with one attached hydrogen (secondary N) is 1. The van der Waals surface area contributed by atoms with Crippen LogP contribution in [0.5, 0.6) is 0 Å². The summed E-state index contributed by atoms with van der Waals surface area (Å²) >= 11 is 7.47. The Hall–Kier alpha value is -2.70. The van der Waals surface area contributed by atoms with E-state index in [1.807, 2.05) is 41.2 Å². The first-order valence-electron chi connectivity index (χ1n) is 7.85. The van der Waals surface area contributed by atoms with Crippen molar-refractivity contribution >= 4 is 44.6 Å². The van der Waals surface area contributed by atoms with Crippen molar-refractivity contribution in [3.8, 4) is 0 Å². The van der Waals surface area contributed by atoms with Crippen LogP contribution in [-0.4, -0.2) is 15.7 Å². The molecule has 1 amide bonds. The second kappa shape index (κ2) is 6.90. The molecule has 7 heteroatoms. The van der Waals surface area contributed by atoms with E-state index >= 15 is 0 Å². The number of nitrogens with zero attached hydrogens (tertiary/aromatic N) is 2. The molecule has 4 nitrogen and oxygen atoms in total. The third kappa shape index (κ3) is 3.34. The number of halogens is 2. The van der Waals surface area contributed by atoms with Crippen LogP contribution < -0.4 is 5.32 Å². The zero-order valence-corrected chi connectivity index (χ0v) is 15.0. The van der Waals surface area contributed by atoms with Crippen LogP contribution in [0.2, 0.25) is 5.02 Å². The Bertz CT molecular complexity index is 1070. The largest absolute Gasteiger partial charge is 0.321 e. The lowest BCUT2D eigenvalue weighted by atomic mass is 10.2. The highest BCUT2D eigenvalue weighted by Crippen LogP contribution is 2.36. The van der Waals surface area contributed by atoms with Gasteiger partial charge >= 0.3 is 0 Å². The van der Waals surface area contributed by atoms with Crippen molar-refractivity contribution in [3.63, 3.8) is 0 Å². The molecule has 0 saturated heterocycles. The van der Waals surface area contributed by atoms with Crippen LogP contribution in [-0.2, 0) is 6.54 Å². The molecule has 4 rings (SSSR count). The van der Waals surface area contributed by atoms with Gasteiger partial charge in [-0.25, -0.2) is 4.39 Å². The first-order valence-corrected chi connectivity index (χ1v) is 9.05. The van der Waals surface area contributed by atoms with E-state index in [1.165, 1.54) is 23.5 Å². The zero-order valence-electron chi connectivity index (χ0n) is 13.4. The monoisotopic (exact) mass is 385 g/mol. The van der Waals surface area contributed by atoms with E-state index in [-0.39, 0.29) is 11.7 Å². The number of amides is 1. The SMILES string of the molecule is O=C(Nc1ccc(Cn2cccn2)cc1)c1sc2cc(F)ccc2c1Cl. The topological polar surface area (TPSA) is 46.9 Å². The van der Waals surface area contributed by atoms with Crippen LogP contribution in [0.15, 0.2) is 60.9 Å². The van der Waals surface area contributed by atoms with Gasteiger partial charge in [0.15, 0.2) is 0 Å². The number of thiophene rings is 1. The Balaban J connectivity index is 1.52. The summed E-state index contributed by atoms with van der Waals surface area (Å²) in [5.41, 5.74) is 1.74. The number of fused-ring (bicyclic) bond motifs is 1. The van der Waals surface area contributed by atoms with Gasteiger partial charge in [0.1, 0.15) is 10.7 Å². The molecular formula is C19H13ClFN3OS. The number of carbonyl (C=O) groups is 1. The molecule has 1 N–H and O–H groups in total. The number of rotatable bonds is 4. The number of hydrogen-bond donors (Lipinski definition) is 1. The fourth-order valence-electron chi connectivity index (χ4n) is 2.65. The molecule has 0 aliphatic carbocycles. The zero-order chi connectivity index (χ0) is 18.1.